The Morgan fingerprint density at radius 1 is 0.946 bits per heavy atom. The van der Waals surface area contributed by atoms with E-state index in [0.29, 0.717) is 31.5 Å². The fourth-order valence-electron chi connectivity index (χ4n) is 5.77. The number of nitrogens with zero attached hydrogens (tertiary/aromatic N) is 2. The van der Waals surface area contributed by atoms with E-state index in [2.05, 4.69) is 15.9 Å². The van der Waals surface area contributed by atoms with Crippen LogP contribution >= 0.6 is 39.1 Å². The van der Waals surface area contributed by atoms with Crippen LogP contribution in [0.3, 0.4) is 0 Å². The number of hydrogen-bond donors (Lipinski definition) is 0. The van der Waals surface area contributed by atoms with E-state index in [9.17, 15) is 14.4 Å². The minimum atomic E-state index is -0.889. The molecule has 3 heterocycles. The first-order valence-corrected chi connectivity index (χ1v) is 13.1. The molecule has 9 heteroatoms. The van der Waals surface area contributed by atoms with Crippen LogP contribution in [-0.2, 0) is 9.59 Å². The summed E-state index contributed by atoms with van der Waals surface area (Å²) in [6.45, 7) is 0. The second-order valence-corrected chi connectivity index (χ2v) is 10.9. The third kappa shape index (κ3) is 3.71. The Morgan fingerprint density at radius 2 is 1.65 bits per heavy atom. The predicted molar refractivity (Wildman–Crippen MR) is 145 cm³/mol. The first-order valence-electron chi connectivity index (χ1n) is 11.6. The zero-order valence-electron chi connectivity index (χ0n) is 19.4. The molecule has 0 saturated carbocycles. The first-order chi connectivity index (χ1) is 17.8. The van der Waals surface area contributed by atoms with Crippen molar-refractivity contribution < 1.29 is 19.1 Å². The number of Topliss-reactive ketones (excluding diaryl/α,β-unsaturated/α-hetero) is 1. The molecule has 3 aliphatic heterocycles. The van der Waals surface area contributed by atoms with Gasteiger partial charge >= 0.3 is 0 Å². The average Bonchev–Trinajstić information content (AvgIpc) is 3.35. The van der Waals surface area contributed by atoms with Crippen molar-refractivity contribution in [3.8, 4) is 5.75 Å². The Balaban J connectivity index is 1.49. The minimum absolute atomic E-state index is 0.253. The molecule has 186 valence electrons. The highest BCUT2D eigenvalue weighted by Gasteiger charge is 2.64. The van der Waals surface area contributed by atoms with Gasteiger partial charge in [0.05, 0.1) is 35.1 Å². The van der Waals surface area contributed by atoms with Crippen molar-refractivity contribution in [2.45, 2.75) is 12.1 Å². The van der Waals surface area contributed by atoms with Crippen LogP contribution in [-0.4, -0.2) is 35.6 Å². The normalized spacial score (nSPS) is 23.7. The molecule has 2 amide bonds. The third-order valence-corrected chi connectivity index (χ3v) is 8.33. The number of anilines is 1. The highest BCUT2D eigenvalue weighted by molar-refractivity contribution is 9.10. The van der Waals surface area contributed by atoms with Crippen LogP contribution < -0.4 is 9.64 Å². The van der Waals surface area contributed by atoms with Gasteiger partial charge in [0.25, 0.3) is 0 Å². The summed E-state index contributed by atoms with van der Waals surface area (Å²) in [7, 11) is 1.54. The smallest absolute Gasteiger partial charge is 0.240 e. The van der Waals surface area contributed by atoms with Gasteiger partial charge < -0.3 is 9.64 Å². The Kier molecular flexibility index (Phi) is 5.90. The van der Waals surface area contributed by atoms with Crippen molar-refractivity contribution >= 4 is 68.5 Å². The van der Waals surface area contributed by atoms with Gasteiger partial charge in [0, 0.05) is 21.8 Å². The summed E-state index contributed by atoms with van der Waals surface area (Å²) in [5.74, 6) is -2.13. The van der Waals surface area contributed by atoms with Gasteiger partial charge in [0.2, 0.25) is 11.8 Å². The van der Waals surface area contributed by atoms with Crippen LogP contribution in [0.25, 0.3) is 6.08 Å². The van der Waals surface area contributed by atoms with E-state index in [-0.39, 0.29) is 11.7 Å². The monoisotopic (exact) mass is 596 g/mol. The number of imide groups is 1. The second-order valence-electron chi connectivity index (χ2n) is 9.19. The van der Waals surface area contributed by atoms with Crippen LogP contribution in [0.15, 0.2) is 71.3 Å². The molecule has 6 rings (SSSR count). The molecule has 37 heavy (non-hydrogen) atoms. The molecular formula is C28H19BrCl2N2O4. The molecule has 0 N–H and O–H groups in total. The van der Waals surface area contributed by atoms with Gasteiger partial charge in [-0.1, -0.05) is 47.5 Å². The zero-order valence-corrected chi connectivity index (χ0v) is 22.5. The lowest BCUT2D eigenvalue weighted by Gasteiger charge is -2.35. The van der Waals surface area contributed by atoms with E-state index in [4.69, 9.17) is 27.9 Å². The van der Waals surface area contributed by atoms with Crippen LogP contribution in [0.4, 0.5) is 5.69 Å². The van der Waals surface area contributed by atoms with Crippen LogP contribution in [0.2, 0.25) is 10.0 Å². The largest absolute Gasteiger partial charge is 0.496 e. The molecule has 6 nitrogen and oxygen atoms in total. The maximum absolute atomic E-state index is 14.1. The molecule has 3 aromatic rings. The molecule has 4 unspecified atom stereocenters. The topological polar surface area (TPSA) is 66.9 Å². The molecule has 2 fully saturated rings. The van der Waals surface area contributed by atoms with Gasteiger partial charge in [0.1, 0.15) is 11.8 Å². The van der Waals surface area contributed by atoms with Gasteiger partial charge in [-0.3, -0.25) is 14.4 Å². The molecule has 0 bridgehead atoms. The first kappa shape index (κ1) is 24.2. The van der Waals surface area contributed by atoms with Crippen molar-refractivity contribution in [1.82, 2.24) is 4.90 Å². The molecule has 2 saturated heterocycles. The Morgan fingerprint density at radius 3 is 2.35 bits per heavy atom. The third-order valence-electron chi connectivity index (χ3n) is 7.27. The lowest BCUT2D eigenvalue weighted by molar-refractivity contribution is -0.123. The molecule has 4 atom stereocenters. The fourth-order valence-corrected chi connectivity index (χ4v) is 6.83. The fraction of sp³-hybridized carbons (Fsp3) is 0.179. The number of hydrogen-bond acceptors (Lipinski definition) is 5. The average molecular weight is 598 g/mol. The lowest BCUT2D eigenvalue weighted by Crippen LogP contribution is -2.44. The van der Waals surface area contributed by atoms with E-state index >= 15 is 0 Å². The van der Waals surface area contributed by atoms with Gasteiger partial charge in [-0.15, -0.1) is 0 Å². The van der Waals surface area contributed by atoms with E-state index in [1.54, 1.807) is 25.3 Å². The predicted octanol–water partition coefficient (Wildman–Crippen LogP) is 6.16. The molecule has 3 aromatic carbocycles. The van der Waals surface area contributed by atoms with Gasteiger partial charge in [-0.2, -0.15) is 0 Å². The minimum Gasteiger partial charge on any atom is -0.496 e. The van der Waals surface area contributed by atoms with Crippen LogP contribution in [0.5, 0.6) is 5.75 Å². The standard InChI is InChI=1S/C28H19BrCl2N2O4/c1-37-21-7-6-15(10-20(21)29)26(34)25-23-22(24-19-5-3-2-4-14(19)8-9-32(24)25)27(35)33(28(23)36)18-12-16(30)11-17(31)13-18/h2-13,22-25H,1H3. The number of carbonyl (C=O) groups excluding carboxylic acids is 3. The molecule has 0 radical (unpaired) electrons. The van der Waals surface area contributed by atoms with Gasteiger partial charge in [-0.25, -0.2) is 4.90 Å². The number of carbonyl (C=O) groups is 3. The Bertz CT molecular complexity index is 1500. The number of fused-ring (bicyclic) bond motifs is 5. The summed E-state index contributed by atoms with van der Waals surface area (Å²) in [6.07, 6.45) is 3.74. The van der Waals surface area contributed by atoms with Gasteiger partial charge in [0.15, 0.2) is 5.78 Å². The highest BCUT2D eigenvalue weighted by Crippen LogP contribution is 2.54. The maximum Gasteiger partial charge on any atom is 0.240 e. The number of ether oxygens (including phenoxy) is 1. The lowest BCUT2D eigenvalue weighted by atomic mass is 9.83. The molecular weight excluding hydrogens is 579 g/mol. The molecule has 0 aromatic heterocycles. The van der Waals surface area contributed by atoms with Crippen molar-refractivity contribution in [3.63, 3.8) is 0 Å². The SMILES string of the molecule is COc1ccc(C(=O)C2C3C(=O)N(c4cc(Cl)cc(Cl)c4)C(=O)C3C3c4ccccc4C=CN23)cc1Br. The highest BCUT2D eigenvalue weighted by atomic mass is 79.9. The number of rotatable bonds is 4. The maximum atomic E-state index is 14.1. The summed E-state index contributed by atoms with van der Waals surface area (Å²) in [6, 6.07) is 16.0. The number of ketones is 1. The van der Waals surface area contributed by atoms with Crippen molar-refractivity contribution in [2.75, 3.05) is 12.0 Å². The van der Waals surface area contributed by atoms with E-state index in [0.717, 1.165) is 16.0 Å². The number of methoxy groups -OCH3 is 1. The number of amides is 2. The summed E-state index contributed by atoms with van der Waals surface area (Å²) < 4.78 is 5.93. The second kappa shape index (κ2) is 9.01. The quantitative estimate of drug-likeness (QED) is 0.266. The number of halogens is 3. The van der Waals surface area contributed by atoms with Crippen molar-refractivity contribution in [1.29, 1.82) is 0 Å². The van der Waals surface area contributed by atoms with E-state index in [1.807, 2.05) is 41.4 Å². The molecule has 0 spiro atoms. The van der Waals surface area contributed by atoms with Crippen molar-refractivity contribution in [2.24, 2.45) is 11.8 Å². The summed E-state index contributed by atoms with van der Waals surface area (Å²) in [5.41, 5.74) is 2.56. The summed E-state index contributed by atoms with van der Waals surface area (Å²) in [5, 5.41) is 0.617. The van der Waals surface area contributed by atoms with E-state index < -0.39 is 29.8 Å². The zero-order chi connectivity index (χ0) is 26.0. The summed E-state index contributed by atoms with van der Waals surface area (Å²) >= 11 is 15.8. The number of benzene rings is 3. The van der Waals surface area contributed by atoms with E-state index in [1.165, 1.54) is 18.2 Å². The van der Waals surface area contributed by atoms with Crippen LogP contribution in [0, 0.1) is 11.8 Å². The molecule has 3 aliphatic rings. The Labute approximate surface area is 231 Å². The van der Waals surface area contributed by atoms with Crippen LogP contribution in [0.1, 0.15) is 27.5 Å². The van der Waals surface area contributed by atoms with Gasteiger partial charge in [-0.05, 0) is 69.5 Å². The Hall–Kier alpha value is -3.13. The van der Waals surface area contributed by atoms with Crippen molar-refractivity contribution in [3.05, 3.63) is 98.1 Å². The molecule has 0 aliphatic carbocycles. The summed E-state index contributed by atoms with van der Waals surface area (Å²) in [4.78, 5) is 45.0.